The minimum Gasteiger partial charge on any atom is -0.352 e. The number of amides is 2. The van der Waals surface area contributed by atoms with E-state index in [0.717, 1.165) is 36.1 Å². The van der Waals surface area contributed by atoms with Crippen LogP contribution in [-0.2, 0) is 16.1 Å². The molecular formula is C26H33FN2O2S. The van der Waals surface area contributed by atoms with Gasteiger partial charge in [-0.25, -0.2) is 4.39 Å². The standard InChI is InChI=1S/C26H33FN2O2S/c1-3-24(26(31)28-22-7-5-4-6-8-22)29(17-20-11-13-21(27)14-12-20)25(30)18-32-23-15-9-19(2)10-16-23/h9-16,22,24H,3-8,17-18H2,1-2H3,(H,28,31). The van der Waals surface area contributed by atoms with Crippen molar-refractivity contribution in [2.45, 2.75) is 75.9 Å². The molecule has 1 aliphatic rings. The van der Waals surface area contributed by atoms with Crippen LogP contribution in [0.15, 0.2) is 53.4 Å². The molecule has 2 aromatic carbocycles. The molecule has 4 nitrogen and oxygen atoms in total. The fourth-order valence-electron chi connectivity index (χ4n) is 4.11. The van der Waals surface area contributed by atoms with E-state index in [1.54, 1.807) is 17.0 Å². The van der Waals surface area contributed by atoms with E-state index < -0.39 is 6.04 Å². The number of hydrogen-bond acceptors (Lipinski definition) is 3. The molecule has 1 aliphatic carbocycles. The first-order valence-corrected chi connectivity index (χ1v) is 12.5. The largest absolute Gasteiger partial charge is 0.352 e. The highest BCUT2D eigenvalue weighted by Crippen LogP contribution is 2.22. The lowest BCUT2D eigenvalue weighted by Crippen LogP contribution is -2.52. The monoisotopic (exact) mass is 456 g/mol. The van der Waals surface area contributed by atoms with E-state index in [1.165, 1.54) is 35.9 Å². The van der Waals surface area contributed by atoms with Crippen LogP contribution >= 0.6 is 11.8 Å². The molecule has 0 spiro atoms. The third kappa shape index (κ3) is 7.09. The van der Waals surface area contributed by atoms with Gasteiger partial charge in [0.15, 0.2) is 0 Å². The summed E-state index contributed by atoms with van der Waals surface area (Å²) in [6, 6.07) is 13.8. The second-order valence-corrected chi connectivity index (χ2v) is 9.57. The number of thioether (sulfide) groups is 1. The Kier molecular flexibility index (Phi) is 9.15. The van der Waals surface area contributed by atoms with E-state index in [1.807, 2.05) is 38.1 Å². The Morgan fingerprint density at radius 1 is 1.06 bits per heavy atom. The summed E-state index contributed by atoms with van der Waals surface area (Å²) < 4.78 is 13.4. The van der Waals surface area contributed by atoms with Gasteiger partial charge in [-0.1, -0.05) is 56.0 Å². The smallest absolute Gasteiger partial charge is 0.243 e. The van der Waals surface area contributed by atoms with Crippen molar-refractivity contribution in [3.8, 4) is 0 Å². The van der Waals surface area contributed by atoms with Gasteiger partial charge in [-0.3, -0.25) is 9.59 Å². The van der Waals surface area contributed by atoms with E-state index in [9.17, 15) is 14.0 Å². The second-order valence-electron chi connectivity index (χ2n) is 8.52. The van der Waals surface area contributed by atoms with Gasteiger partial charge in [0.2, 0.25) is 11.8 Å². The number of hydrogen-bond donors (Lipinski definition) is 1. The van der Waals surface area contributed by atoms with Crippen LogP contribution in [-0.4, -0.2) is 34.6 Å². The summed E-state index contributed by atoms with van der Waals surface area (Å²) in [5, 5.41) is 3.18. The van der Waals surface area contributed by atoms with E-state index in [-0.39, 0.29) is 36.0 Å². The molecule has 1 N–H and O–H groups in total. The van der Waals surface area contributed by atoms with Crippen LogP contribution in [0.3, 0.4) is 0 Å². The molecule has 172 valence electrons. The average Bonchev–Trinajstić information content (AvgIpc) is 2.80. The van der Waals surface area contributed by atoms with Gasteiger partial charge >= 0.3 is 0 Å². The van der Waals surface area contributed by atoms with Gasteiger partial charge in [0.05, 0.1) is 5.75 Å². The molecule has 1 fully saturated rings. The van der Waals surface area contributed by atoms with Gasteiger partial charge in [-0.15, -0.1) is 11.8 Å². The van der Waals surface area contributed by atoms with Gasteiger partial charge in [0.25, 0.3) is 0 Å². The Hall–Kier alpha value is -2.34. The predicted molar refractivity (Wildman–Crippen MR) is 128 cm³/mol. The lowest BCUT2D eigenvalue weighted by molar-refractivity contribution is -0.139. The van der Waals surface area contributed by atoms with Crippen LogP contribution in [0.4, 0.5) is 4.39 Å². The highest BCUT2D eigenvalue weighted by atomic mass is 32.2. The SMILES string of the molecule is CCC(C(=O)NC1CCCCC1)N(Cc1ccc(F)cc1)C(=O)CSc1ccc(C)cc1. The van der Waals surface area contributed by atoms with Gasteiger partial charge in [-0.2, -0.15) is 0 Å². The van der Waals surface area contributed by atoms with Crippen molar-refractivity contribution >= 4 is 23.6 Å². The van der Waals surface area contributed by atoms with Crippen LogP contribution in [0.1, 0.15) is 56.6 Å². The summed E-state index contributed by atoms with van der Waals surface area (Å²) >= 11 is 1.47. The quantitative estimate of drug-likeness (QED) is 0.508. The van der Waals surface area contributed by atoms with E-state index in [2.05, 4.69) is 5.32 Å². The second kappa shape index (κ2) is 12.0. The number of nitrogens with zero attached hydrogens (tertiary/aromatic N) is 1. The Morgan fingerprint density at radius 3 is 2.34 bits per heavy atom. The molecule has 6 heteroatoms. The van der Waals surface area contributed by atoms with Crippen LogP contribution in [0.5, 0.6) is 0 Å². The summed E-state index contributed by atoms with van der Waals surface area (Å²) in [7, 11) is 0. The van der Waals surface area contributed by atoms with Gasteiger partial charge in [0.1, 0.15) is 11.9 Å². The molecule has 1 unspecified atom stereocenters. The number of carbonyl (C=O) groups excluding carboxylic acids is 2. The third-order valence-electron chi connectivity index (χ3n) is 5.99. The lowest BCUT2D eigenvalue weighted by Gasteiger charge is -2.32. The molecule has 1 saturated carbocycles. The molecule has 0 saturated heterocycles. The maximum Gasteiger partial charge on any atom is 0.243 e. The maximum absolute atomic E-state index is 13.4. The van der Waals surface area contributed by atoms with Crippen molar-refractivity contribution in [2.24, 2.45) is 0 Å². The zero-order chi connectivity index (χ0) is 22.9. The molecule has 0 aliphatic heterocycles. The van der Waals surface area contributed by atoms with Gasteiger partial charge < -0.3 is 10.2 Å². The Morgan fingerprint density at radius 2 is 1.72 bits per heavy atom. The summed E-state index contributed by atoms with van der Waals surface area (Å²) in [4.78, 5) is 29.2. The zero-order valence-corrected chi connectivity index (χ0v) is 19.8. The molecular weight excluding hydrogens is 423 g/mol. The van der Waals surface area contributed by atoms with Crippen molar-refractivity contribution in [3.63, 3.8) is 0 Å². The molecule has 1 atom stereocenters. The number of benzene rings is 2. The minimum atomic E-state index is -0.548. The number of nitrogens with one attached hydrogen (secondary N) is 1. The fraction of sp³-hybridized carbons (Fsp3) is 0.462. The number of carbonyl (C=O) groups is 2. The van der Waals surface area contributed by atoms with Crippen molar-refractivity contribution in [3.05, 3.63) is 65.5 Å². The van der Waals surface area contributed by atoms with Crippen molar-refractivity contribution < 1.29 is 14.0 Å². The molecule has 2 amide bonds. The molecule has 0 heterocycles. The van der Waals surface area contributed by atoms with E-state index >= 15 is 0 Å². The van der Waals surface area contributed by atoms with Crippen LogP contribution in [0.25, 0.3) is 0 Å². The number of aryl methyl sites for hydroxylation is 1. The summed E-state index contributed by atoms with van der Waals surface area (Å²) in [5.74, 6) is -0.248. The molecule has 2 aromatic rings. The number of rotatable bonds is 9. The van der Waals surface area contributed by atoms with Crippen molar-refractivity contribution in [2.75, 3.05) is 5.75 Å². The number of halogens is 1. The summed E-state index contributed by atoms with van der Waals surface area (Å²) in [6.07, 6.45) is 6.00. The third-order valence-corrected chi connectivity index (χ3v) is 6.98. The first-order chi connectivity index (χ1) is 15.5. The van der Waals surface area contributed by atoms with Gasteiger partial charge in [0, 0.05) is 17.5 Å². The molecule has 32 heavy (non-hydrogen) atoms. The maximum atomic E-state index is 13.4. The van der Waals surface area contributed by atoms with Gasteiger partial charge in [-0.05, 0) is 56.0 Å². The molecule has 0 bridgehead atoms. The van der Waals surface area contributed by atoms with Crippen molar-refractivity contribution in [1.29, 1.82) is 0 Å². The highest BCUT2D eigenvalue weighted by Gasteiger charge is 2.30. The van der Waals surface area contributed by atoms with Crippen molar-refractivity contribution in [1.82, 2.24) is 10.2 Å². The summed E-state index contributed by atoms with van der Waals surface area (Å²) in [5.41, 5.74) is 1.98. The van der Waals surface area contributed by atoms with E-state index in [4.69, 9.17) is 0 Å². The summed E-state index contributed by atoms with van der Waals surface area (Å²) in [6.45, 7) is 4.24. The van der Waals surface area contributed by atoms with Crippen LogP contribution < -0.4 is 5.32 Å². The first kappa shape index (κ1) is 24.3. The minimum absolute atomic E-state index is 0.0878. The fourth-order valence-corrected chi connectivity index (χ4v) is 4.90. The topological polar surface area (TPSA) is 49.4 Å². The Bertz CT molecular complexity index is 880. The first-order valence-electron chi connectivity index (χ1n) is 11.5. The van der Waals surface area contributed by atoms with Crippen LogP contribution in [0.2, 0.25) is 0 Å². The van der Waals surface area contributed by atoms with E-state index in [0.29, 0.717) is 6.42 Å². The molecule has 0 radical (unpaired) electrons. The zero-order valence-electron chi connectivity index (χ0n) is 19.0. The highest BCUT2D eigenvalue weighted by molar-refractivity contribution is 8.00. The molecule has 0 aromatic heterocycles. The lowest BCUT2D eigenvalue weighted by atomic mass is 9.95. The normalized spacial score (nSPS) is 15.2. The molecule has 3 rings (SSSR count). The van der Waals surface area contributed by atoms with Crippen LogP contribution in [0, 0.1) is 12.7 Å². The average molecular weight is 457 g/mol. The Labute approximate surface area is 195 Å². The Balaban J connectivity index is 1.73. The predicted octanol–water partition coefficient (Wildman–Crippen LogP) is 5.48.